The van der Waals surface area contributed by atoms with Crippen molar-refractivity contribution in [1.29, 1.82) is 0 Å². The molecule has 0 aromatic carbocycles. The normalized spacial score (nSPS) is 27.4. The zero-order chi connectivity index (χ0) is 15.7. The number of rotatable bonds is 10. The van der Waals surface area contributed by atoms with Gasteiger partial charge in [0.25, 0.3) is 0 Å². The lowest BCUT2D eigenvalue weighted by molar-refractivity contribution is 0.0713. The summed E-state index contributed by atoms with van der Waals surface area (Å²) in [5, 5.41) is 3.81. The van der Waals surface area contributed by atoms with Crippen LogP contribution in [-0.4, -0.2) is 36.1 Å². The molecule has 0 radical (unpaired) electrons. The van der Waals surface area contributed by atoms with E-state index in [9.17, 15) is 0 Å². The van der Waals surface area contributed by atoms with Crippen molar-refractivity contribution >= 4 is 0 Å². The molecule has 2 unspecified atom stereocenters. The number of unbranched alkanes of at least 4 members (excludes halogenated alkanes) is 5. The smallest absolute Gasteiger partial charge is 0.0278 e. The molecule has 1 rings (SSSR count). The van der Waals surface area contributed by atoms with Crippen LogP contribution in [-0.2, 0) is 0 Å². The molecule has 2 nitrogen and oxygen atoms in total. The molecule has 1 N–H and O–H groups in total. The highest BCUT2D eigenvalue weighted by Crippen LogP contribution is 2.23. The highest BCUT2D eigenvalue weighted by molar-refractivity contribution is 4.94. The lowest BCUT2D eigenvalue weighted by Gasteiger charge is -2.46. The molecule has 0 amide bonds. The third kappa shape index (κ3) is 7.15. The van der Waals surface area contributed by atoms with Gasteiger partial charge in [0, 0.05) is 24.7 Å². The van der Waals surface area contributed by atoms with Gasteiger partial charge in [0.1, 0.15) is 0 Å². The van der Waals surface area contributed by atoms with Crippen LogP contribution in [0.2, 0.25) is 0 Å². The molecule has 0 spiro atoms. The van der Waals surface area contributed by atoms with Crippen LogP contribution in [0.3, 0.4) is 0 Å². The maximum atomic E-state index is 3.81. The summed E-state index contributed by atoms with van der Waals surface area (Å²) in [5.74, 6) is 0.801. The fourth-order valence-corrected chi connectivity index (χ4v) is 3.50. The molecular formula is C19H40N2. The minimum atomic E-state index is 0.329. The van der Waals surface area contributed by atoms with Gasteiger partial charge < -0.3 is 5.32 Å². The number of piperazine rings is 1. The predicted molar refractivity (Wildman–Crippen MR) is 94.9 cm³/mol. The molecule has 1 fully saturated rings. The average Bonchev–Trinajstić information content (AvgIpc) is 2.45. The number of hydrogen-bond acceptors (Lipinski definition) is 2. The third-order valence-electron chi connectivity index (χ3n) is 5.16. The van der Waals surface area contributed by atoms with E-state index in [4.69, 9.17) is 0 Å². The van der Waals surface area contributed by atoms with Crippen LogP contribution in [0.4, 0.5) is 0 Å². The third-order valence-corrected chi connectivity index (χ3v) is 5.16. The van der Waals surface area contributed by atoms with E-state index in [1.807, 2.05) is 0 Å². The van der Waals surface area contributed by atoms with Gasteiger partial charge in [-0.05, 0) is 38.6 Å². The Labute approximate surface area is 134 Å². The molecule has 1 aliphatic rings. The summed E-state index contributed by atoms with van der Waals surface area (Å²) in [6.45, 7) is 15.4. The van der Waals surface area contributed by atoms with E-state index in [1.165, 1.54) is 71.0 Å². The van der Waals surface area contributed by atoms with Crippen molar-refractivity contribution in [2.45, 2.75) is 97.6 Å². The Bertz CT molecular complexity index is 264. The molecule has 0 aromatic heterocycles. The van der Waals surface area contributed by atoms with E-state index < -0.39 is 0 Å². The summed E-state index contributed by atoms with van der Waals surface area (Å²) < 4.78 is 0. The summed E-state index contributed by atoms with van der Waals surface area (Å²) in [4.78, 5) is 2.79. The summed E-state index contributed by atoms with van der Waals surface area (Å²) >= 11 is 0. The van der Waals surface area contributed by atoms with Crippen LogP contribution in [0.1, 0.15) is 86.0 Å². The van der Waals surface area contributed by atoms with Gasteiger partial charge in [0.15, 0.2) is 0 Å². The van der Waals surface area contributed by atoms with E-state index in [0.717, 1.165) is 12.0 Å². The monoisotopic (exact) mass is 296 g/mol. The minimum absolute atomic E-state index is 0.329. The maximum Gasteiger partial charge on any atom is 0.0278 e. The fourth-order valence-electron chi connectivity index (χ4n) is 3.50. The van der Waals surface area contributed by atoms with E-state index in [0.29, 0.717) is 5.54 Å². The van der Waals surface area contributed by atoms with Crippen molar-refractivity contribution in [3.8, 4) is 0 Å². The van der Waals surface area contributed by atoms with Gasteiger partial charge in [-0.2, -0.15) is 0 Å². The second-order valence-electron chi connectivity index (χ2n) is 7.82. The van der Waals surface area contributed by atoms with Crippen LogP contribution < -0.4 is 5.32 Å². The van der Waals surface area contributed by atoms with Crippen molar-refractivity contribution in [2.75, 3.05) is 19.6 Å². The predicted octanol–water partition coefficient (Wildman–Crippen LogP) is 4.84. The Morgan fingerprint density at radius 3 is 2.38 bits per heavy atom. The molecule has 0 saturated carbocycles. The summed E-state index contributed by atoms with van der Waals surface area (Å²) in [6, 6.07) is 0.750. The van der Waals surface area contributed by atoms with Crippen molar-refractivity contribution in [3.05, 3.63) is 0 Å². The first-order valence-electron chi connectivity index (χ1n) is 9.49. The zero-order valence-electron chi connectivity index (χ0n) is 15.4. The maximum absolute atomic E-state index is 3.81. The fraction of sp³-hybridized carbons (Fsp3) is 1.00. The highest BCUT2D eigenvalue weighted by atomic mass is 15.2. The second kappa shape index (κ2) is 9.84. The lowest BCUT2D eigenvalue weighted by atomic mass is 9.90. The Morgan fingerprint density at radius 2 is 1.76 bits per heavy atom. The van der Waals surface area contributed by atoms with E-state index >= 15 is 0 Å². The Kier molecular flexibility index (Phi) is 8.89. The van der Waals surface area contributed by atoms with Crippen LogP contribution in [0.15, 0.2) is 0 Å². The van der Waals surface area contributed by atoms with Gasteiger partial charge >= 0.3 is 0 Å². The van der Waals surface area contributed by atoms with Gasteiger partial charge in [-0.15, -0.1) is 0 Å². The van der Waals surface area contributed by atoms with E-state index in [1.54, 1.807) is 0 Å². The number of nitrogens with one attached hydrogen (secondary N) is 1. The SMILES string of the molecule is CCCCCCCCN1CC(C)(CC)NCC1CC(C)C. The molecule has 21 heavy (non-hydrogen) atoms. The molecule has 126 valence electrons. The molecular weight excluding hydrogens is 256 g/mol. The van der Waals surface area contributed by atoms with Gasteiger partial charge in [-0.25, -0.2) is 0 Å². The highest BCUT2D eigenvalue weighted by Gasteiger charge is 2.34. The molecule has 0 aromatic rings. The van der Waals surface area contributed by atoms with Crippen LogP contribution >= 0.6 is 0 Å². The molecule has 2 heteroatoms. The molecule has 0 bridgehead atoms. The van der Waals surface area contributed by atoms with E-state index in [-0.39, 0.29) is 0 Å². The van der Waals surface area contributed by atoms with Gasteiger partial charge in [0.2, 0.25) is 0 Å². The van der Waals surface area contributed by atoms with Crippen molar-refractivity contribution in [2.24, 2.45) is 5.92 Å². The molecule has 1 heterocycles. The lowest BCUT2D eigenvalue weighted by Crippen LogP contribution is -2.62. The van der Waals surface area contributed by atoms with Gasteiger partial charge in [-0.1, -0.05) is 59.8 Å². The Balaban J connectivity index is 2.39. The standard InChI is InChI=1S/C19H40N2/c1-6-8-9-10-11-12-13-21-16-19(5,7-2)20-15-18(21)14-17(3)4/h17-18,20H,6-16H2,1-5H3. The first-order chi connectivity index (χ1) is 10.0. The summed E-state index contributed by atoms with van der Waals surface area (Å²) in [7, 11) is 0. The van der Waals surface area contributed by atoms with E-state index in [2.05, 4.69) is 44.8 Å². The zero-order valence-corrected chi connectivity index (χ0v) is 15.4. The number of nitrogens with zero attached hydrogens (tertiary/aromatic N) is 1. The van der Waals surface area contributed by atoms with Gasteiger partial charge in [-0.3, -0.25) is 4.90 Å². The largest absolute Gasteiger partial charge is 0.309 e. The molecule has 1 saturated heterocycles. The van der Waals surface area contributed by atoms with Gasteiger partial charge in [0.05, 0.1) is 0 Å². The number of hydrogen-bond donors (Lipinski definition) is 1. The summed E-state index contributed by atoms with van der Waals surface area (Å²) in [5.41, 5.74) is 0.329. The van der Waals surface area contributed by atoms with Crippen molar-refractivity contribution in [3.63, 3.8) is 0 Å². The van der Waals surface area contributed by atoms with Crippen molar-refractivity contribution < 1.29 is 0 Å². The minimum Gasteiger partial charge on any atom is -0.309 e. The quantitative estimate of drug-likeness (QED) is 0.581. The molecule has 2 atom stereocenters. The Hall–Kier alpha value is -0.0800. The van der Waals surface area contributed by atoms with Crippen LogP contribution in [0.5, 0.6) is 0 Å². The van der Waals surface area contributed by atoms with Crippen molar-refractivity contribution in [1.82, 2.24) is 10.2 Å². The second-order valence-corrected chi connectivity index (χ2v) is 7.82. The molecule has 0 aliphatic carbocycles. The average molecular weight is 297 g/mol. The van der Waals surface area contributed by atoms with Crippen LogP contribution in [0, 0.1) is 5.92 Å². The Morgan fingerprint density at radius 1 is 1.10 bits per heavy atom. The topological polar surface area (TPSA) is 15.3 Å². The van der Waals surface area contributed by atoms with Crippen LogP contribution in [0.25, 0.3) is 0 Å². The molecule has 1 aliphatic heterocycles. The summed E-state index contributed by atoms with van der Waals surface area (Å²) in [6.07, 6.45) is 11.0. The first-order valence-corrected chi connectivity index (χ1v) is 9.49. The first kappa shape index (κ1) is 19.0.